The molecule has 0 saturated carbocycles. The Bertz CT molecular complexity index is 2720. The predicted molar refractivity (Wildman–Crippen MR) is 216 cm³/mol. The minimum absolute atomic E-state index is 0.0213. The number of hydrogen-bond donors (Lipinski definition) is 1. The number of carbonyl (C=O) groups is 6. The molecule has 0 aromatic heterocycles. The van der Waals surface area contributed by atoms with Gasteiger partial charge in [0.05, 0.1) is 33.4 Å². The van der Waals surface area contributed by atoms with Crippen molar-refractivity contribution in [3.63, 3.8) is 0 Å². The molecule has 1 N–H and O–H groups in total. The first kappa shape index (κ1) is 39.6. The van der Waals surface area contributed by atoms with Crippen LogP contribution in [0.1, 0.15) is 62.1 Å². The van der Waals surface area contributed by atoms with E-state index in [1.54, 1.807) is 91.0 Å². The minimum Gasteiger partial charge on any atom is -0.478 e. The Morgan fingerprint density at radius 3 is 1.05 bits per heavy atom. The second kappa shape index (κ2) is 18.1. The molecule has 0 fully saturated rings. The molecule has 0 bridgehead atoms. The van der Waals surface area contributed by atoms with Crippen LogP contribution < -0.4 is 23.7 Å². The quantitative estimate of drug-likeness (QED) is 0.0920. The van der Waals surface area contributed by atoms with Crippen LogP contribution in [0.15, 0.2) is 176 Å². The van der Waals surface area contributed by atoms with Gasteiger partial charge in [0.2, 0.25) is 5.75 Å². The summed E-state index contributed by atoms with van der Waals surface area (Å²) in [5.41, 5.74) is -0.628. The number of carboxylic acid groups (broad SMARTS) is 1. The average molecular weight is 799 g/mol. The van der Waals surface area contributed by atoms with Gasteiger partial charge in [0.25, 0.3) is 0 Å². The monoisotopic (exact) mass is 798 g/mol. The van der Waals surface area contributed by atoms with Gasteiger partial charge in [-0.2, -0.15) is 0 Å². The Morgan fingerprint density at radius 1 is 0.333 bits per heavy atom. The Morgan fingerprint density at radius 2 is 0.667 bits per heavy atom. The Labute approximate surface area is 341 Å². The molecule has 12 nitrogen and oxygen atoms in total. The van der Waals surface area contributed by atoms with Crippen molar-refractivity contribution in [1.82, 2.24) is 0 Å². The first-order chi connectivity index (χ1) is 29.2. The highest BCUT2D eigenvalue weighted by atomic mass is 16.6. The number of carbonyl (C=O) groups excluding carboxylic acids is 5. The van der Waals surface area contributed by atoms with Crippen molar-refractivity contribution in [3.05, 3.63) is 209 Å². The van der Waals surface area contributed by atoms with Crippen LogP contribution in [0.3, 0.4) is 0 Å². The van der Waals surface area contributed by atoms with Crippen LogP contribution in [0.25, 0.3) is 11.1 Å². The molecule has 0 saturated heterocycles. The molecule has 0 aliphatic rings. The van der Waals surface area contributed by atoms with E-state index in [4.69, 9.17) is 23.7 Å². The van der Waals surface area contributed by atoms with Gasteiger partial charge in [0.15, 0.2) is 23.0 Å². The van der Waals surface area contributed by atoms with Gasteiger partial charge in [0.1, 0.15) is 0 Å². The summed E-state index contributed by atoms with van der Waals surface area (Å²) in [6.45, 7) is 0. The molecule has 7 aromatic carbocycles. The van der Waals surface area contributed by atoms with E-state index in [1.165, 1.54) is 78.9 Å². The van der Waals surface area contributed by atoms with Gasteiger partial charge in [0, 0.05) is 11.6 Å². The van der Waals surface area contributed by atoms with Gasteiger partial charge in [-0.05, 0) is 78.4 Å². The lowest BCUT2D eigenvalue weighted by Gasteiger charge is -2.21. The molecule has 0 heterocycles. The molecule has 7 aromatic rings. The van der Waals surface area contributed by atoms with Crippen molar-refractivity contribution in [1.29, 1.82) is 0 Å². The second-order valence-electron chi connectivity index (χ2n) is 12.7. The fourth-order valence-electron chi connectivity index (χ4n) is 5.82. The zero-order valence-corrected chi connectivity index (χ0v) is 31.2. The molecule has 0 spiro atoms. The van der Waals surface area contributed by atoms with Crippen molar-refractivity contribution in [2.75, 3.05) is 0 Å². The summed E-state index contributed by atoms with van der Waals surface area (Å²) >= 11 is 0. The third-order valence-electron chi connectivity index (χ3n) is 8.71. The summed E-state index contributed by atoms with van der Waals surface area (Å²) < 4.78 is 29.0. The average Bonchev–Trinajstić information content (AvgIpc) is 3.29. The fraction of sp³-hybridized carbons (Fsp3) is 0. The number of ether oxygens (including phenoxy) is 5. The molecule has 0 unspecified atom stereocenters. The first-order valence-electron chi connectivity index (χ1n) is 18.1. The molecule has 0 atom stereocenters. The normalized spacial score (nSPS) is 10.5. The van der Waals surface area contributed by atoms with E-state index in [0.29, 0.717) is 0 Å². The summed E-state index contributed by atoms with van der Waals surface area (Å²) in [7, 11) is 0. The minimum atomic E-state index is -1.60. The SMILES string of the molecule is O=C(Oc1ccc(-c2c(C(=O)O)cc(OC(=O)c3ccccc3)c(OC(=O)c3ccccc3)c2OC(=O)c2ccccc2)cc1OC(=O)c1ccccc1)c1ccccc1. The van der Waals surface area contributed by atoms with Crippen molar-refractivity contribution < 1.29 is 57.6 Å². The van der Waals surface area contributed by atoms with E-state index in [2.05, 4.69) is 0 Å². The van der Waals surface area contributed by atoms with Crippen molar-refractivity contribution in [2.24, 2.45) is 0 Å². The Hall–Kier alpha value is -8.64. The Balaban J connectivity index is 1.45. The topological polar surface area (TPSA) is 169 Å². The zero-order chi connectivity index (χ0) is 42.0. The lowest BCUT2D eigenvalue weighted by molar-refractivity contribution is 0.0650. The maximum atomic E-state index is 13.9. The smallest absolute Gasteiger partial charge is 0.343 e. The largest absolute Gasteiger partial charge is 0.478 e. The van der Waals surface area contributed by atoms with Gasteiger partial charge in [-0.25, -0.2) is 28.8 Å². The highest BCUT2D eigenvalue weighted by molar-refractivity contribution is 6.04. The number of esters is 5. The van der Waals surface area contributed by atoms with Gasteiger partial charge in [-0.3, -0.25) is 0 Å². The molecule has 0 radical (unpaired) electrons. The fourth-order valence-corrected chi connectivity index (χ4v) is 5.82. The maximum absolute atomic E-state index is 13.9. The van der Waals surface area contributed by atoms with E-state index in [9.17, 15) is 33.9 Å². The number of hydrogen-bond acceptors (Lipinski definition) is 11. The molecule has 60 heavy (non-hydrogen) atoms. The van der Waals surface area contributed by atoms with Gasteiger partial charge >= 0.3 is 35.8 Å². The molecule has 7 rings (SSSR count). The van der Waals surface area contributed by atoms with Crippen LogP contribution in [0.4, 0.5) is 0 Å². The van der Waals surface area contributed by atoms with Gasteiger partial charge in [-0.15, -0.1) is 0 Å². The number of aromatic carboxylic acids is 1. The van der Waals surface area contributed by atoms with Crippen LogP contribution in [-0.2, 0) is 0 Å². The summed E-state index contributed by atoms with van der Waals surface area (Å²) in [6, 6.07) is 43.7. The van der Waals surface area contributed by atoms with Gasteiger partial charge in [-0.1, -0.05) is 97.1 Å². The number of benzene rings is 7. The Kier molecular flexibility index (Phi) is 11.9. The standard InChI is InChI=1S/C48H30O12/c49-43(50)36-29-39(58-46(53)32-20-10-3-11-21-32)41(59-47(54)33-22-12-4-13-23-33)42(60-48(55)34-24-14-5-15-25-34)40(36)35-26-27-37(56-44(51)30-16-6-1-7-17-30)38(28-35)57-45(52)31-18-8-2-9-19-31/h1-29H,(H,49,50). The second-order valence-corrected chi connectivity index (χ2v) is 12.7. The van der Waals surface area contributed by atoms with Crippen molar-refractivity contribution in [2.45, 2.75) is 0 Å². The van der Waals surface area contributed by atoms with Crippen molar-refractivity contribution in [3.8, 4) is 39.9 Å². The van der Waals surface area contributed by atoms with E-state index in [0.717, 1.165) is 6.07 Å². The summed E-state index contributed by atoms with van der Waals surface area (Å²) in [5, 5.41) is 10.7. The maximum Gasteiger partial charge on any atom is 0.343 e. The predicted octanol–water partition coefficient (Wildman–Crippen LogP) is 9.15. The van der Waals surface area contributed by atoms with E-state index >= 15 is 0 Å². The summed E-state index contributed by atoms with van der Waals surface area (Å²) in [6.07, 6.45) is 0. The van der Waals surface area contributed by atoms with Crippen LogP contribution >= 0.6 is 0 Å². The van der Waals surface area contributed by atoms with Crippen LogP contribution in [0.5, 0.6) is 28.7 Å². The molecule has 12 heteroatoms. The molecular weight excluding hydrogens is 769 g/mol. The third-order valence-corrected chi connectivity index (χ3v) is 8.71. The van der Waals surface area contributed by atoms with E-state index < -0.39 is 58.6 Å². The lowest BCUT2D eigenvalue weighted by Crippen LogP contribution is -2.17. The molecular formula is C48H30O12. The summed E-state index contributed by atoms with van der Waals surface area (Å²) in [5.74, 6) is -8.68. The highest BCUT2D eigenvalue weighted by Crippen LogP contribution is 2.49. The number of rotatable bonds is 12. The molecule has 0 amide bonds. The van der Waals surface area contributed by atoms with Crippen LogP contribution in [0, 0.1) is 0 Å². The molecule has 0 aliphatic carbocycles. The first-order valence-corrected chi connectivity index (χ1v) is 18.1. The molecule has 0 aliphatic heterocycles. The van der Waals surface area contributed by atoms with Crippen LogP contribution in [-0.4, -0.2) is 40.9 Å². The van der Waals surface area contributed by atoms with E-state index in [-0.39, 0.29) is 50.4 Å². The van der Waals surface area contributed by atoms with Gasteiger partial charge < -0.3 is 28.8 Å². The lowest BCUT2D eigenvalue weighted by atomic mass is 9.96. The number of carboxylic acids is 1. The third kappa shape index (κ3) is 9.14. The zero-order valence-electron chi connectivity index (χ0n) is 31.2. The van der Waals surface area contributed by atoms with E-state index in [1.807, 2.05) is 0 Å². The summed E-state index contributed by atoms with van der Waals surface area (Å²) in [4.78, 5) is 81.1. The van der Waals surface area contributed by atoms with Crippen molar-refractivity contribution >= 4 is 35.8 Å². The highest BCUT2D eigenvalue weighted by Gasteiger charge is 2.32. The molecule has 294 valence electrons. The van der Waals surface area contributed by atoms with Crippen LogP contribution in [0.2, 0.25) is 0 Å².